The molecule has 0 heterocycles. The Morgan fingerprint density at radius 2 is 1.72 bits per heavy atom. The van der Waals surface area contributed by atoms with Crippen molar-refractivity contribution >= 4 is 33.4 Å². The first-order valence-corrected chi connectivity index (χ1v) is 12.3. The molecule has 0 saturated carbocycles. The zero-order valence-electron chi connectivity index (χ0n) is 17.3. The molecule has 32 heavy (non-hydrogen) atoms. The van der Waals surface area contributed by atoms with E-state index in [9.17, 15) is 22.0 Å². The van der Waals surface area contributed by atoms with Crippen LogP contribution in [0.2, 0.25) is 0 Å². The number of hydrogen-bond donors (Lipinski definition) is 2. The highest BCUT2D eigenvalue weighted by Gasteiger charge is 2.19. The molecule has 0 atom stereocenters. The fourth-order valence-corrected chi connectivity index (χ4v) is 4.80. The first-order chi connectivity index (χ1) is 15.3. The molecule has 168 valence electrons. The van der Waals surface area contributed by atoms with Crippen molar-refractivity contribution in [1.82, 2.24) is 5.32 Å². The lowest BCUT2D eigenvalue weighted by Gasteiger charge is -2.12. The highest BCUT2D eigenvalue weighted by atomic mass is 32.2. The third kappa shape index (κ3) is 6.30. The van der Waals surface area contributed by atoms with Crippen molar-refractivity contribution in [3.63, 3.8) is 0 Å². The summed E-state index contributed by atoms with van der Waals surface area (Å²) in [6, 6.07) is 15.8. The van der Waals surface area contributed by atoms with Crippen molar-refractivity contribution in [1.29, 1.82) is 0 Å². The number of para-hydroxylation sites is 1. The highest BCUT2D eigenvalue weighted by molar-refractivity contribution is 7.99. The predicted molar refractivity (Wildman–Crippen MR) is 122 cm³/mol. The number of aryl methyl sites for hydroxylation is 1. The molecular weight excluding hydrogens is 454 g/mol. The van der Waals surface area contributed by atoms with Gasteiger partial charge in [-0.05, 0) is 73.2 Å². The van der Waals surface area contributed by atoms with E-state index in [0.717, 1.165) is 16.7 Å². The number of carbonyl (C=O) groups is 1. The van der Waals surface area contributed by atoms with Crippen LogP contribution in [-0.4, -0.2) is 26.6 Å². The van der Waals surface area contributed by atoms with Gasteiger partial charge in [0.25, 0.3) is 15.9 Å². The molecule has 0 fully saturated rings. The van der Waals surface area contributed by atoms with Crippen LogP contribution >= 0.6 is 11.8 Å². The first kappa shape index (κ1) is 23.7. The van der Waals surface area contributed by atoms with Crippen LogP contribution in [0.1, 0.15) is 22.3 Å². The Bertz CT molecular complexity index is 1200. The summed E-state index contributed by atoms with van der Waals surface area (Å²) in [5.74, 6) is -0.645. The minimum atomic E-state index is -4.07. The topological polar surface area (TPSA) is 75.3 Å². The molecule has 0 bridgehead atoms. The Morgan fingerprint density at radius 3 is 2.44 bits per heavy atom. The minimum absolute atomic E-state index is 0.136. The number of thioether (sulfide) groups is 1. The first-order valence-electron chi connectivity index (χ1n) is 9.81. The van der Waals surface area contributed by atoms with Crippen molar-refractivity contribution in [3.05, 3.63) is 89.5 Å². The fourth-order valence-electron chi connectivity index (χ4n) is 2.85. The summed E-state index contributed by atoms with van der Waals surface area (Å²) in [5, 5.41) is 2.79. The molecule has 9 heteroatoms. The van der Waals surface area contributed by atoms with Crippen molar-refractivity contribution in [2.24, 2.45) is 0 Å². The van der Waals surface area contributed by atoms with Gasteiger partial charge in [0.1, 0.15) is 11.6 Å². The summed E-state index contributed by atoms with van der Waals surface area (Å²) >= 11 is 1.55. The van der Waals surface area contributed by atoms with Crippen molar-refractivity contribution in [2.45, 2.75) is 23.1 Å². The Labute approximate surface area is 190 Å². The zero-order valence-corrected chi connectivity index (χ0v) is 18.9. The number of carbonyl (C=O) groups excluding carboxylic acids is 1. The summed E-state index contributed by atoms with van der Waals surface area (Å²) in [4.78, 5) is 13.4. The average Bonchev–Trinajstić information content (AvgIpc) is 2.76. The third-order valence-corrected chi connectivity index (χ3v) is 7.03. The lowest BCUT2D eigenvalue weighted by Crippen LogP contribution is -2.26. The number of benzene rings is 3. The van der Waals surface area contributed by atoms with Crippen LogP contribution in [0.4, 0.5) is 14.5 Å². The van der Waals surface area contributed by atoms with Gasteiger partial charge in [-0.15, -0.1) is 11.8 Å². The average molecular weight is 477 g/mol. The maximum absolute atomic E-state index is 13.8. The molecule has 0 aliphatic rings. The molecular formula is C23H22F2N2O3S2. The van der Waals surface area contributed by atoms with Crippen LogP contribution in [0.3, 0.4) is 0 Å². The second-order valence-corrected chi connectivity index (χ2v) is 9.82. The normalized spacial score (nSPS) is 11.2. The van der Waals surface area contributed by atoms with Gasteiger partial charge in [0.05, 0.1) is 10.6 Å². The number of rotatable bonds is 9. The quantitative estimate of drug-likeness (QED) is 0.337. The largest absolute Gasteiger partial charge is 0.352 e. The second kappa shape index (κ2) is 10.6. The van der Waals surface area contributed by atoms with Gasteiger partial charge in [-0.3, -0.25) is 9.52 Å². The van der Waals surface area contributed by atoms with Crippen LogP contribution in [0.25, 0.3) is 0 Å². The fraction of sp³-hybridized carbons (Fsp3) is 0.174. The molecule has 0 aliphatic carbocycles. The molecule has 5 nitrogen and oxygen atoms in total. The van der Waals surface area contributed by atoms with E-state index in [4.69, 9.17) is 0 Å². The predicted octanol–water partition coefficient (Wildman–Crippen LogP) is 4.99. The van der Waals surface area contributed by atoms with Gasteiger partial charge in [0, 0.05) is 17.0 Å². The van der Waals surface area contributed by atoms with Gasteiger partial charge in [-0.2, -0.15) is 0 Å². The van der Waals surface area contributed by atoms with Gasteiger partial charge in [-0.1, -0.05) is 18.2 Å². The number of sulfonamides is 1. The van der Waals surface area contributed by atoms with E-state index in [2.05, 4.69) is 10.0 Å². The van der Waals surface area contributed by atoms with E-state index in [-0.39, 0.29) is 22.0 Å². The molecule has 3 aromatic rings. The van der Waals surface area contributed by atoms with Crippen LogP contribution in [0.15, 0.2) is 76.5 Å². The molecule has 0 spiro atoms. The zero-order chi connectivity index (χ0) is 23.1. The Balaban J connectivity index is 1.60. The third-order valence-electron chi connectivity index (χ3n) is 4.57. The standard InChI is InChI=1S/C23H22F2N2O3S2/c1-16-7-12-19(32(29,30)27-22-6-3-2-5-21(22)25)15-20(16)23(28)26-13-4-14-31-18-10-8-17(24)9-11-18/h2-3,5-12,15,27H,4,13-14H2,1H3,(H,26,28). The second-order valence-electron chi connectivity index (χ2n) is 6.97. The summed E-state index contributed by atoms with van der Waals surface area (Å²) in [6.45, 7) is 2.11. The Kier molecular flexibility index (Phi) is 7.87. The highest BCUT2D eigenvalue weighted by Crippen LogP contribution is 2.21. The van der Waals surface area contributed by atoms with E-state index in [1.165, 1.54) is 48.5 Å². The van der Waals surface area contributed by atoms with E-state index in [0.29, 0.717) is 18.5 Å². The monoisotopic (exact) mass is 476 g/mol. The molecule has 0 aliphatic heterocycles. The van der Waals surface area contributed by atoms with Crippen LogP contribution in [0, 0.1) is 18.6 Å². The van der Waals surface area contributed by atoms with Crippen LogP contribution in [-0.2, 0) is 10.0 Å². The van der Waals surface area contributed by atoms with Crippen LogP contribution < -0.4 is 10.0 Å². The molecule has 3 aromatic carbocycles. The summed E-state index contributed by atoms with van der Waals surface area (Å²) < 4.78 is 54.3. The van der Waals surface area contributed by atoms with Gasteiger partial charge in [0.15, 0.2) is 0 Å². The smallest absolute Gasteiger partial charge is 0.262 e. The maximum atomic E-state index is 13.8. The SMILES string of the molecule is Cc1ccc(S(=O)(=O)Nc2ccccc2F)cc1C(=O)NCCCSc1ccc(F)cc1. The van der Waals surface area contributed by atoms with Crippen LogP contribution in [0.5, 0.6) is 0 Å². The van der Waals surface area contributed by atoms with E-state index in [1.807, 2.05) is 0 Å². The van der Waals surface area contributed by atoms with Crippen molar-refractivity contribution < 1.29 is 22.0 Å². The summed E-state index contributed by atoms with van der Waals surface area (Å²) in [5.41, 5.74) is 0.679. The number of anilines is 1. The minimum Gasteiger partial charge on any atom is -0.352 e. The number of hydrogen-bond acceptors (Lipinski definition) is 4. The number of amides is 1. The molecule has 0 saturated heterocycles. The molecule has 0 radical (unpaired) electrons. The van der Waals surface area contributed by atoms with Gasteiger partial charge >= 0.3 is 0 Å². The van der Waals surface area contributed by atoms with E-state index < -0.39 is 21.7 Å². The van der Waals surface area contributed by atoms with Crippen molar-refractivity contribution in [2.75, 3.05) is 17.0 Å². The summed E-state index contributed by atoms with van der Waals surface area (Å²) in [6.07, 6.45) is 0.680. The lowest BCUT2D eigenvalue weighted by molar-refractivity contribution is 0.0953. The Morgan fingerprint density at radius 1 is 1.00 bits per heavy atom. The van der Waals surface area contributed by atoms with Crippen molar-refractivity contribution in [3.8, 4) is 0 Å². The molecule has 1 amide bonds. The number of nitrogens with one attached hydrogen (secondary N) is 2. The lowest BCUT2D eigenvalue weighted by atomic mass is 10.1. The maximum Gasteiger partial charge on any atom is 0.262 e. The number of halogens is 2. The van der Waals surface area contributed by atoms with E-state index >= 15 is 0 Å². The van der Waals surface area contributed by atoms with E-state index in [1.54, 1.807) is 30.8 Å². The molecule has 0 aromatic heterocycles. The molecule has 3 rings (SSSR count). The Hall–Kier alpha value is -2.91. The van der Waals surface area contributed by atoms with Gasteiger partial charge in [0.2, 0.25) is 0 Å². The van der Waals surface area contributed by atoms with Gasteiger partial charge < -0.3 is 5.32 Å². The molecule has 0 unspecified atom stereocenters. The summed E-state index contributed by atoms with van der Waals surface area (Å²) in [7, 11) is -4.07. The molecule has 2 N–H and O–H groups in total. The van der Waals surface area contributed by atoms with Gasteiger partial charge in [-0.25, -0.2) is 17.2 Å².